The van der Waals surface area contributed by atoms with Crippen molar-refractivity contribution in [2.75, 3.05) is 13.1 Å². The van der Waals surface area contributed by atoms with Gasteiger partial charge >= 0.3 is 6.01 Å². The summed E-state index contributed by atoms with van der Waals surface area (Å²) >= 11 is 0. The van der Waals surface area contributed by atoms with Crippen LogP contribution in [-0.4, -0.2) is 50.1 Å². The van der Waals surface area contributed by atoms with E-state index in [1.165, 1.54) is 12.1 Å². The van der Waals surface area contributed by atoms with E-state index >= 15 is 0 Å². The monoisotopic (exact) mass is 316 g/mol. The summed E-state index contributed by atoms with van der Waals surface area (Å²) in [5.74, 6) is -0.642. The van der Waals surface area contributed by atoms with Crippen molar-refractivity contribution < 1.29 is 14.6 Å². The van der Waals surface area contributed by atoms with Gasteiger partial charge in [0.2, 0.25) is 0 Å². The summed E-state index contributed by atoms with van der Waals surface area (Å²) in [5, 5.41) is 9.42. The first kappa shape index (κ1) is 15.0. The first-order chi connectivity index (χ1) is 11.1. The average molecular weight is 316 g/mol. The number of hydrogen-bond acceptors (Lipinski definition) is 6. The molecular weight excluding hydrogens is 300 g/mol. The summed E-state index contributed by atoms with van der Waals surface area (Å²) < 4.78 is 5.69. The molecule has 0 spiro atoms. The molecule has 0 aliphatic carbocycles. The molecule has 1 fully saturated rings. The van der Waals surface area contributed by atoms with E-state index < -0.39 is 5.56 Å². The van der Waals surface area contributed by atoms with E-state index in [9.17, 15) is 14.7 Å². The van der Waals surface area contributed by atoms with Crippen molar-refractivity contribution in [2.24, 2.45) is 0 Å². The smallest absolute Gasteiger partial charge is 0.316 e. The van der Waals surface area contributed by atoms with Crippen LogP contribution < -0.4 is 10.3 Å². The number of H-pyrrole nitrogens is 1. The molecule has 1 atom stereocenters. The third-order valence-corrected chi connectivity index (χ3v) is 3.56. The Bertz CT molecular complexity index is 747. The van der Waals surface area contributed by atoms with Gasteiger partial charge in [0.15, 0.2) is 5.88 Å². The molecule has 3 heterocycles. The highest BCUT2D eigenvalue weighted by atomic mass is 16.5. The molecule has 0 aromatic carbocycles. The molecule has 2 aromatic rings. The fourth-order valence-electron chi connectivity index (χ4n) is 2.55. The van der Waals surface area contributed by atoms with Gasteiger partial charge in [0.1, 0.15) is 6.10 Å². The van der Waals surface area contributed by atoms with Crippen LogP contribution in [0, 0.1) is 0 Å². The lowest BCUT2D eigenvalue weighted by molar-refractivity contribution is 0.0515. The minimum absolute atomic E-state index is 0.155. The maximum absolute atomic E-state index is 12.5. The van der Waals surface area contributed by atoms with Crippen LogP contribution in [0.4, 0.5) is 0 Å². The van der Waals surface area contributed by atoms with Gasteiger partial charge in [0.25, 0.3) is 11.5 Å². The Balaban J connectivity index is 1.70. The molecule has 0 bridgehead atoms. The maximum Gasteiger partial charge on any atom is 0.316 e. The predicted octanol–water partition coefficient (Wildman–Crippen LogP) is 0.554. The number of rotatable bonds is 3. The molecule has 8 nitrogen and oxygen atoms in total. The number of amides is 1. The highest BCUT2D eigenvalue weighted by Crippen LogP contribution is 2.17. The SMILES string of the molecule is O=C(c1cc(O)[nH]c(=O)c1)N1CCCC(Oc2ncccn2)C1. The molecule has 1 aliphatic heterocycles. The number of aromatic hydroxyl groups is 1. The van der Waals surface area contributed by atoms with Gasteiger partial charge in [-0.1, -0.05) is 0 Å². The number of nitrogens with zero attached hydrogens (tertiary/aromatic N) is 3. The van der Waals surface area contributed by atoms with Crippen molar-refractivity contribution in [2.45, 2.75) is 18.9 Å². The molecule has 2 N–H and O–H groups in total. The van der Waals surface area contributed by atoms with Crippen LogP contribution in [0.3, 0.4) is 0 Å². The third-order valence-electron chi connectivity index (χ3n) is 3.56. The quantitative estimate of drug-likeness (QED) is 0.856. The van der Waals surface area contributed by atoms with Crippen molar-refractivity contribution in [3.05, 3.63) is 46.5 Å². The number of ether oxygens (including phenoxy) is 1. The van der Waals surface area contributed by atoms with Crippen LogP contribution in [0.1, 0.15) is 23.2 Å². The van der Waals surface area contributed by atoms with E-state index in [1.807, 2.05) is 0 Å². The first-order valence-electron chi connectivity index (χ1n) is 7.28. The Morgan fingerprint density at radius 2 is 2.13 bits per heavy atom. The Labute approximate surface area is 131 Å². The summed E-state index contributed by atoms with van der Waals surface area (Å²) in [7, 11) is 0. The van der Waals surface area contributed by atoms with Gasteiger partial charge in [-0.05, 0) is 18.9 Å². The normalized spacial score (nSPS) is 17.7. The van der Waals surface area contributed by atoms with Crippen LogP contribution in [0.5, 0.6) is 11.9 Å². The fraction of sp³-hybridized carbons (Fsp3) is 0.333. The molecule has 1 saturated heterocycles. The maximum atomic E-state index is 12.5. The molecule has 1 aliphatic rings. The Morgan fingerprint density at radius 1 is 1.35 bits per heavy atom. The van der Waals surface area contributed by atoms with Crippen LogP contribution in [-0.2, 0) is 0 Å². The van der Waals surface area contributed by atoms with Crippen LogP contribution in [0.15, 0.2) is 35.4 Å². The number of aromatic nitrogens is 3. The lowest BCUT2D eigenvalue weighted by atomic mass is 10.1. The average Bonchev–Trinajstić information content (AvgIpc) is 2.54. The zero-order valence-electron chi connectivity index (χ0n) is 12.3. The Kier molecular flexibility index (Phi) is 4.22. The zero-order valence-corrected chi connectivity index (χ0v) is 12.3. The number of nitrogens with one attached hydrogen (secondary N) is 1. The number of carbonyl (C=O) groups excluding carboxylic acids is 1. The summed E-state index contributed by atoms with van der Waals surface area (Å²) in [4.78, 5) is 35.7. The van der Waals surface area contributed by atoms with Crippen molar-refractivity contribution >= 4 is 5.91 Å². The summed E-state index contributed by atoms with van der Waals surface area (Å²) in [6, 6.07) is 4.39. The van der Waals surface area contributed by atoms with Gasteiger partial charge in [0.05, 0.1) is 12.1 Å². The Hall–Kier alpha value is -2.90. The molecule has 3 rings (SSSR count). The fourth-order valence-corrected chi connectivity index (χ4v) is 2.55. The van der Waals surface area contributed by atoms with Crippen molar-refractivity contribution in [3.8, 4) is 11.9 Å². The second kappa shape index (κ2) is 6.47. The van der Waals surface area contributed by atoms with Crippen molar-refractivity contribution in [1.29, 1.82) is 0 Å². The molecule has 120 valence electrons. The van der Waals surface area contributed by atoms with E-state index in [0.717, 1.165) is 12.8 Å². The van der Waals surface area contributed by atoms with Gasteiger partial charge < -0.3 is 14.7 Å². The summed E-state index contributed by atoms with van der Waals surface area (Å²) in [5.41, 5.74) is -0.362. The molecule has 1 unspecified atom stereocenters. The van der Waals surface area contributed by atoms with Crippen molar-refractivity contribution in [1.82, 2.24) is 19.9 Å². The highest BCUT2D eigenvalue weighted by molar-refractivity contribution is 5.94. The van der Waals surface area contributed by atoms with Crippen LogP contribution >= 0.6 is 0 Å². The largest absolute Gasteiger partial charge is 0.494 e. The molecule has 23 heavy (non-hydrogen) atoms. The summed E-state index contributed by atoms with van der Waals surface area (Å²) in [6.45, 7) is 0.951. The number of hydrogen-bond donors (Lipinski definition) is 2. The Morgan fingerprint density at radius 3 is 2.87 bits per heavy atom. The lowest BCUT2D eigenvalue weighted by Crippen LogP contribution is -2.44. The van der Waals surface area contributed by atoms with E-state index in [4.69, 9.17) is 4.74 Å². The number of likely N-dealkylation sites (tertiary alicyclic amines) is 1. The second-order valence-corrected chi connectivity index (χ2v) is 5.28. The minimum Gasteiger partial charge on any atom is -0.494 e. The number of pyridine rings is 1. The number of aromatic amines is 1. The molecule has 1 amide bonds. The first-order valence-corrected chi connectivity index (χ1v) is 7.28. The van der Waals surface area contributed by atoms with Gasteiger partial charge in [0, 0.05) is 31.1 Å². The van der Waals surface area contributed by atoms with Gasteiger partial charge in [-0.15, -0.1) is 0 Å². The van der Waals surface area contributed by atoms with Crippen LogP contribution in [0.2, 0.25) is 0 Å². The molecular formula is C15H16N4O4. The van der Waals surface area contributed by atoms with Crippen LogP contribution in [0.25, 0.3) is 0 Å². The van der Waals surface area contributed by atoms with Gasteiger partial charge in [-0.25, -0.2) is 9.97 Å². The molecule has 0 saturated carbocycles. The highest BCUT2D eigenvalue weighted by Gasteiger charge is 2.26. The lowest BCUT2D eigenvalue weighted by Gasteiger charge is -2.32. The minimum atomic E-state index is -0.518. The van der Waals surface area contributed by atoms with E-state index in [-0.39, 0.29) is 29.5 Å². The topological polar surface area (TPSA) is 108 Å². The van der Waals surface area contributed by atoms with Gasteiger partial charge in [-0.2, -0.15) is 0 Å². The second-order valence-electron chi connectivity index (χ2n) is 5.28. The van der Waals surface area contributed by atoms with Crippen molar-refractivity contribution in [3.63, 3.8) is 0 Å². The van der Waals surface area contributed by atoms with Gasteiger partial charge in [-0.3, -0.25) is 14.6 Å². The van der Waals surface area contributed by atoms with E-state index in [1.54, 1.807) is 23.4 Å². The third kappa shape index (κ3) is 3.65. The molecule has 0 radical (unpaired) electrons. The standard InChI is InChI=1S/C15H16N4O4/c20-12-7-10(8-13(21)18-12)14(22)19-6-1-3-11(9-19)23-15-16-4-2-5-17-15/h2,4-5,7-8,11H,1,3,6,9H2,(H2,18,20,21). The number of piperidine rings is 1. The number of carbonyl (C=O) groups is 1. The predicted molar refractivity (Wildman–Crippen MR) is 80.3 cm³/mol. The molecule has 2 aromatic heterocycles. The zero-order chi connectivity index (χ0) is 16.2. The van der Waals surface area contributed by atoms with E-state index in [0.29, 0.717) is 13.1 Å². The summed E-state index contributed by atoms with van der Waals surface area (Å²) in [6.07, 6.45) is 4.55. The van der Waals surface area contributed by atoms with E-state index in [2.05, 4.69) is 15.0 Å². The molecule has 8 heteroatoms.